The molecule has 0 bridgehead atoms. The van der Waals surface area contributed by atoms with Crippen LogP contribution in [0.4, 0.5) is 5.69 Å². The third-order valence-electron chi connectivity index (χ3n) is 4.08. The van der Waals surface area contributed by atoms with Gasteiger partial charge in [0.05, 0.1) is 0 Å². The number of nitrogen functional groups attached to an aromatic ring is 1. The largest absolute Gasteiger partial charge is 0.463 e. The molecule has 0 spiro atoms. The molecular weight excluding hydrogens is 414 g/mol. The van der Waals surface area contributed by atoms with Crippen LogP contribution in [0.2, 0.25) is 0 Å². The Balaban J connectivity index is 2.43. The van der Waals surface area contributed by atoms with E-state index in [9.17, 15) is 19.2 Å². The minimum absolute atomic E-state index is 0.315. The molecule has 0 amide bonds. The van der Waals surface area contributed by atoms with Gasteiger partial charge in [-0.15, -0.1) is 0 Å². The van der Waals surface area contributed by atoms with Gasteiger partial charge in [-0.25, -0.2) is 0 Å². The molecule has 1 aliphatic heterocycles. The van der Waals surface area contributed by atoms with Crippen LogP contribution in [-0.4, -0.2) is 61.2 Å². The molecule has 1 aliphatic rings. The smallest absolute Gasteiger partial charge is 0.303 e. The van der Waals surface area contributed by atoms with E-state index in [2.05, 4.69) is 0 Å². The lowest BCUT2D eigenvalue weighted by Crippen LogP contribution is -2.63. The zero-order chi connectivity index (χ0) is 23.1. The summed E-state index contributed by atoms with van der Waals surface area (Å²) in [6.45, 7) is 4.29. The molecule has 31 heavy (non-hydrogen) atoms. The summed E-state index contributed by atoms with van der Waals surface area (Å²) in [5.74, 6) is -2.43. The van der Waals surface area contributed by atoms with E-state index in [0.717, 1.165) is 20.8 Å². The minimum atomic E-state index is -1.29. The van der Waals surface area contributed by atoms with Crippen molar-refractivity contribution in [2.75, 3.05) is 12.3 Å². The number of carbonyl (C=O) groups is 4. The van der Waals surface area contributed by atoms with Crippen molar-refractivity contribution in [3.05, 3.63) is 24.3 Å². The average Bonchev–Trinajstić information content (AvgIpc) is 2.65. The van der Waals surface area contributed by atoms with Crippen molar-refractivity contribution in [2.45, 2.75) is 58.4 Å². The topological polar surface area (TPSA) is 150 Å². The first-order valence-corrected chi connectivity index (χ1v) is 9.39. The summed E-state index contributed by atoms with van der Waals surface area (Å²) < 4.78 is 32.6. The fraction of sp³-hybridized carbons (Fsp3) is 0.500. The minimum Gasteiger partial charge on any atom is -0.463 e. The van der Waals surface area contributed by atoms with Crippen LogP contribution in [0.1, 0.15) is 27.7 Å². The van der Waals surface area contributed by atoms with Crippen LogP contribution in [0.25, 0.3) is 0 Å². The second kappa shape index (κ2) is 10.6. The van der Waals surface area contributed by atoms with Crippen LogP contribution < -0.4 is 10.5 Å². The number of hydrogen-bond donors (Lipinski definition) is 1. The third-order valence-corrected chi connectivity index (χ3v) is 4.08. The van der Waals surface area contributed by atoms with Crippen molar-refractivity contribution in [1.29, 1.82) is 0 Å². The fourth-order valence-electron chi connectivity index (χ4n) is 2.96. The molecule has 1 aromatic rings. The van der Waals surface area contributed by atoms with E-state index in [1.165, 1.54) is 6.92 Å². The van der Waals surface area contributed by atoms with E-state index in [-0.39, 0.29) is 6.61 Å². The molecule has 2 N–H and O–H groups in total. The standard InChI is InChI=1S/C20H25NO10/c1-10(22)26-9-16-17(27-11(2)23)18(28-12(3)24)19(29-13(4)25)20(31-16)30-15-7-5-14(21)6-8-15/h5-8,16-20H,9,21H2,1-4H3/t16-,17+,18+,19-,20?/m1/s1. The van der Waals surface area contributed by atoms with Crippen molar-refractivity contribution < 1.29 is 47.6 Å². The third kappa shape index (κ3) is 7.14. The molecule has 2 rings (SSSR count). The number of hydrogen-bond acceptors (Lipinski definition) is 11. The normalized spacial score (nSPS) is 25.1. The molecule has 11 nitrogen and oxygen atoms in total. The number of benzene rings is 1. The lowest BCUT2D eigenvalue weighted by Gasteiger charge is -2.43. The van der Waals surface area contributed by atoms with Gasteiger partial charge in [0.15, 0.2) is 12.2 Å². The van der Waals surface area contributed by atoms with Crippen LogP contribution in [0.3, 0.4) is 0 Å². The van der Waals surface area contributed by atoms with Crippen LogP contribution in [0.5, 0.6) is 5.75 Å². The summed E-state index contributed by atoms with van der Waals surface area (Å²) in [4.78, 5) is 46.5. The molecule has 0 aliphatic carbocycles. The van der Waals surface area contributed by atoms with Gasteiger partial charge in [0.1, 0.15) is 18.5 Å². The molecule has 5 atom stereocenters. The predicted octanol–water partition coefficient (Wildman–Crippen LogP) is 0.731. The van der Waals surface area contributed by atoms with Crippen LogP contribution in [0.15, 0.2) is 24.3 Å². The van der Waals surface area contributed by atoms with Gasteiger partial charge < -0.3 is 34.2 Å². The van der Waals surface area contributed by atoms with Crippen molar-refractivity contribution >= 4 is 29.6 Å². The number of esters is 4. The summed E-state index contributed by atoms with van der Waals surface area (Å²) >= 11 is 0. The Morgan fingerprint density at radius 1 is 0.806 bits per heavy atom. The number of carbonyl (C=O) groups excluding carboxylic acids is 4. The second-order valence-corrected chi connectivity index (χ2v) is 6.75. The van der Waals surface area contributed by atoms with E-state index < -0.39 is 54.6 Å². The molecular formula is C20H25NO10. The summed E-state index contributed by atoms with van der Waals surface area (Å²) in [5.41, 5.74) is 6.17. The van der Waals surface area contributed by atoms with Crippen LogP contribution in [-0.2, 0) is 42.9 Å². The average molecular weight is 439 g/mol. The zero-order valence-corrected chi connectivity index (χ0v) is 17.6. The Hall–Kier alpha value is -3.34. The first-order valence-electron chi connectivity index (χ1n) is 9.39. The van der Waals surface area contributed by atoms with Crippen LogP contribution in [0, 0.1) is 0 Å². The first-order chi connectivity index (χ1) is 14.6. The Bertz CT molecular complexity index is 809. The Morgan fingerprint density at radius 3 is 1.84 bits per heavy atom. The molecule has 1 fully saturated rings. The second-order valence-electron chi connectivity index (χ2n) is 6.75. The highest BCUT2D eigenvalue weighted by molar-refractivity contribution is 5.68. The number of nitrogens with two attached hydrogens (primary N) is 1. The van der Waals surface area contributed by atoms with Gasteiger partial charge in [-0.2, -0.15) is 0 Å². The fourth-order valence-corrected chi connectivity index (χ4v) is 2.96. The van der Waals surface area contributed by atoms with E-state index >= 15 is 0 Å². The number of ether oxygens (including phenoxy) is 6. The summed E-state index contributed by atoms with van der Waals surface area (Å²) in [6, 6.07) is 6.29. The SMILES string of the molecule is CC(=O)OC[C@H]1OC(Oc2ccc(N)cc2)[C@H](OC(C)=O)[C@@H](OC(C)=O)[C@H]1OC(C)=O. The van der Waals surface area contributed by atoms with Crippen LogP contribution >= 0.6 is 0 Å². The summed E-state index contributed by atoms with van der Waals surface area (Å²) in [7, 11) is 0. The van der Waals surface area contributed by atoms with E-state index in [1.54, 1.807) is 24.3 Å². The van der Waals surface area contributed by atoms with Crippen molar-refractivity contribution in [3.63, 3.8) is 0 Å². The Labute approximate surface area is 178 Å². The molecule has 0 saturated carbocycles. The predicted molar refractivity (Wildman–Crippen MR) is 103 cm³/mol. The van der Waals surface area contributed by atoms with Crippen molar-refractivity contribution in [2.24, 2.45) is 0 Å². The van der Waals surface area contributed by atoms with Crippen molar-refractivity contribution in [3.8, 4) is 5.75 Å². The van der Waals surface area contributed by atoms with E-state index in [0.29, 0.717) is 11.4 Å². The maximum absolute atomic E-state index is 11.8. The first kappa shape index (κ1) is 23.9. The maximum atomic E-state index is 11.8. The molecule has 1 unspecified atom stereocenters. The summed E-state index contributed by atoms with van der Waals surface area (Å²) in [5, 5.41) is 0. The Kier molecular flexibility index (Phi) is 8.20. The monoisotopic (exact) mass is 439 g/mol. The highest BCUT2D eigenvalue weighted by atomic mass is 16.7. The molecule has 0 radical (unpaired) electrons. The molecule has 1 heterocycles. The molecule has 1 aromatic carbocycles. The van der Waals surface area contributed by atoms with Crippen molar-refractivity contribution in [1.82, 2.24) is 0 Å². The number of anilines is 1. The maximum Gasteiger partial charge on any atom is 0.303 e. The highest BCUT2D eigenvalue weighted by Crippen LogP contribution is 2.31. The van der Waals surface area contributed by atoms with Gasteiger partial charge >= 0.3 is 23.9 Å². The van der Waals surface area contributed by atoms with E-state index in [4.69, 9.17) is 34.2 Å². The van der Waals surface area contributed by atoms with Gasteiger partial charge in [-0.3, -0.25) is 19.2 Å². The highest BCUT2D eigenvalue weighted by Gasteiger charge is 2.53. The van der Waals surface area contributed by atoms with Gasteiger partial charge in [-0.05, 0) is 24.3 Å². The van der Waals surface area contributed by atoms with E-state index in [1.807, 2.05) is 0 Å². The summed E-state index contributed by atoms with van der Waals surface area (Å²) in [6.07, 6.45) is -6.20. The lowest BCUT2D eigenvalue weighted by atomic mass is 9.98. The van der Waals surface area contributed by atoms with Gasteiger partial charge in [0.2, 0.25) is 12.4 Å². The molecule has 1 saturated heterocycles. The Morgan fingerprint density at radius 2 is 1.32 bits per heavy atom. The molecule has 170 valence electrons. The van der Waals surface area contributed by atoms with Gasteiger partial charge in [0, 0.05) is 33.4 Å². The molecule has 0 aromatic heterocycles. The quantitative estimate of drug-likeness (QED) is 0.364. The molecule has 11 heteroatoms. The lowest BCUT2D eigenvalue weighted by molar-refractivity contribution is -0.288. The zero-order valence-electron chi connectivity index (χ0n) is 17.6. The van der Waals surface area contributed by atoms with Gasteiger partial charge in [-0.1, -0.05) is 0 Å². The number of rotatable bonds is 7. The van der Waals surface area contributed by atoms with Gasteiger partial charge in [0.25, 0.3) is 0 Å².